The molecule has 0 aliphatic carbocycles. The molecule has 2 aromatic rings. The van der Waals surface area contributed by atoms with Crippen molar-refractivity contribution in [3.8, 4) is 0 Å². The molecule has 1 aliphatic rings. The Balaban J connectivity index is 1.66. The molecule has 2 aromatic carbocycles. The summed E-state index contributed by atoms with van der Waals surface area (Å²) in [5, 5.41) is 2.62. The summed E-state index contributed by atoms with van der Waals surface area (Å²) in [6.07, 6.45) is 0. The summed E-state index contributed by atoms with van der Waals surface area (Å²) in [4.78, 5) is 18.0. The topological polar surface area (TPSA) is 26.8 Å². The normalized spacial score (nSPS) is 16.0. The molecule has 0 bridgehead atoms. The van der Waals surface area contributed by atoms with E-state index in [1.54, 1.807) is 4.90 Å². The Labute approximate surface area is 131 Å². The Bertz CT molecular complexity index is 655. The van der Waals surface area contributed by atoms with Crippen LogP contribution in [-0.2, 0) is 6.54 Å². The molecule has 3 rings (SSSR count). The van der Waals surface area contributed by atoms with Crippen molar-refractivity contribution in [3.63, 3.8) is 0 Å². The zero-order chi connectivity index (χ0) is 15.5. The first-order valence-electron chi connectivity index (χ1n) is 7.80. The van der Waals surface area contributed by atoms with Gasteiger partial charge in [0.2, 0.25) is 0 Å². The molecule has 1 fully saturated rings. The van der Waals surface area contributed by atoms with Crippen molar-refractivity contribution in [2.24, 2.45) is 0 Å². The maximum absolute atomic E-state index is 12.0. The van der Waals surface area contributed by atoms with Crippen LogP contribution in [0.3, 0.4) is 0 Å². The van der Waals surface area contributed by atoms with E-state index in [4.69, 9.17) is 0 Å². The smallest absolute Gasteiger partial charge is 0.319 e. The second kappa shape index (κ2) is 6.36. The molecule has 4 heteroatoms. The van der Waals surface area contributed by atoms with Crippen LogP contribution in [0.5, 0.6) is 0 Å². The van der Waals surface area contributed by atoms with E-state index in [-0.39, 0.29) is 6.03 Å². The third kappa shape index (κ3) is 3.07. The summed E-state index contributed by atoms with van der Waals surface area (Å²) in [7, 11) is 3.62. The van der Waals surface area contributed by atoms with E-state index in [1.807, 2.05) is 19.0 Å². The Kier molecular flexibility index (Phi) is 4.29. The van der Waals surface area contributed by atoms with Crippen LogP contribution >= 0.6 is 0 Å². The summed E-state index contributed by atoms with van der Waals surface area (Å²) < 4.78 is 0. The zero-order valence-electron chi connectivity index (χ0n) is 13.3. The number of benzene rings is 2. The van der Waals surface area contributed by atoms with Crippen molar-refractivity contribution < 1.29 is 4.79 Å². The number of amides is 2. The van der Waals surface area contributed by atoms with Gasteiger partial charge < -0.3 is 9.80 Å². The van der Waals surface area contributed by atoms with Gasteiger partial charge in [-0.05, 0) is 16.3 Å². The minimum Gasteiger partial charge on any atom is -0.331 e. The van der Waals surface area contributed by atoms with Crippen LogP contribution in [-0.4, -0.2) is 61.0 Å². The lowest BCUT2D eigenvalue weighted by Crippen LogP contribution is -2.51. The van der Waals surface area contributed by atoms with E-state index in [9.17, 15) is 4.79 Å². The van der Waals surface area contributed by atoms with Gasteiger partial charge in [-0.3, -0.25) is 4.90 Å². The molecule has 1 aliphatic heterocycles. The summed E-state index contributed by atoms with van der Waals surface area (Å²) in [6.45, 7) is 4.43. The minimum atomic E-state index is 0.116. The van der Waals surface area contributed by atoms with Crippen LogP contribution in [0.2, 0.25) is 0 Å². The Morgan fingerprint density at radius 1 is 1.00 bits per heavy atom. The van der Waals surface area contributed by atoms with Gasteiger partial charge in [-0.1, -0.05) is 42.5 Å². The SMILES string of the molecule is CN(C)C(=O)N1CCN(Cc2cccc3ccccc23)CC1. The number of piperazine rings is 1. The molecule has 0 atom stereocenters. The molecule has 22 heavy (non-hydrogen) atoms. The fourth-order valence-corrected chi connectivity index (χ4v) is 3.05. The third-order valence-corrected chi connectivity index (χ3v) is 4.30. The van der Waals surface area contributed by atoms with Crippen molar-refractivity contribution in [1.29, 1.82) is 0 Å². The molecule has 0 spiro atoms. The van der Waals surface area contributed by atoms with Crippen LogP contribution in [0.25, 0.3) is 10.8 Å². The molecule has 116 valence electrons. The van der Waals surface area contributed by atoms with E-state index in [1.165, 1.54) is 16.3 Å². The molecule has 0 radical (unpaired) electrons. The predicted molar refractivity (Wildman–Crippen MR) is 89.9 cm³/mol. The minimum absolute atomic E-state index is 0.116. The van der Waals surface area contributed by atoms with Crippen molar-refractivity contribution in [1.82, 2.24) is 14.7 Å². The first kappa shape index (κ1) is 14.9. The van der Waals surface area contributed by atoms with Gasteiger partial charge in [-0.25, -0.2) is 4.79 Å². The molecule has 2 amide bonds. The fourth-order valence-electron chi connectivity index (χ4n) is 3.05. The number of hydrogen-bond donors (Lipinski definition) is 0. The monoisotopic (exact) mass is 297 g/mol. The van der Waals surface area contributed by atoms with E-state index in [0.717, 1.165) is 32.7 Å². The van der Waals surface area contributed by atoms with Gasteiger partial charge >= 0.3 is 6.03 Å². The van der Waals surface area contributed by atoms with Crippen molar-refractivity contribution >= 4 is 16.8 Å². The predicted octanol–water partition coefficient (Wildman–Crippen LogP) is 2.64. The molecule has 0 saturated carbocycles. The maximum Gasteiger partial charge on any atom is 0.319 e. The second-order valence-corrected chi connectivity index (χ2v) is 6.08. The molecule has 0 N–H and O–H groups in total. The average molecular weight is 297 g/mol. The number of hydrogen-bond acceptors (Lipinski definition) is 2. The first-order chi connectivity index (χ1) is 10.6. The maximum atomic E-state index is 12.0. The van der Waals surface area contributed by atoms with Crippen LogP contribution in [0.15, 0.2) is 42.5 Å². The average Bonchev–Trinajstić information content (AvgIpc) is 2.55. The largest absolute Gasteiger partial charge is 0.331 e. The highest BCUT2D eigenvalue weighted by Crippen LogP contribution is 2.20. The third-order valence-electron chi connectivity index (χ3n) is 4.30. The zero-order valence-corrected chi connectivity index (χ0v) is 13.3. The summed E-state index contributed by atoms with van der Waals surface area (Å²) in [5.41, 5.74) is 1.37. The van der Waals surface area contributed by atoms with E-state index in [2.05, 4.69) is 47.4 Å². The lowest BCUT2D eigenvalue weighted by Gasteiger charge is -2.36. The first-order valence-corrected chi connectivity index (χ1v) is 7.80. The highest BCUT2D eigenvalue weighted by Gasteiger charge is 2.22. The van der Waals surface area contributed by atoms with Crippen molar-refractivity contribution in [2.45, 2.75) is 6.54 Å². The molecule has 1 heterocycles. The molecule has 0 aromatic heterocycles. The number of carbonyl (C=O) groups excluding carboxylic acids is 1. The number of fused-ring (bicyclic) bond motifs is 1. The van der Waals surface area contributed by atoms with Gasteiger partial charge in [0.1, 0.15) is 0 Å². The molecule has 4 nitrogen and oxygen atoms in total. The van der Waals surface area contributed by atoms with Gasteiger partial charge in [-0.15, -0.1) is 0 Å². The Hall–Kier alpha value is -2.07. The van der Waals surface area contributed by atoms with Crippen LogP contribution in [0.4, 0.5) is 4.79 Å². The van der Waals surface area contributed by atoms with Crippen molar-refractivity contribution in [3.05, 3.63) is 48.0 Å². The molecular formula is C18H23N3O. The van der Waals surface area contributed by atoms with E-state index < -0.39 is 0 Å². The summed E-state index contributed by atoms with van der Waals surface area (Å²) in [5.74, 6) is 0. The quantitative estimate of drug-likeness (QED) is 0.852. The van der Waals surface area contributed by atoms with Crippen molar-refractivity contribution in [2.75, 3.05) is 40.3 Å². The van der Waals surface area contributed by atoms with Gasteiger partial charge in [-0.2, -0.15) is 0 Å². The van der Waals surface area contributed by atoms with Gasteiger partial charge in [0, 0.05) is 46.8 Å². The van der Waals surface area contributed by atoms with E-state index >= 15 is 0 Å². The van der Waals surface area contributed by atoms with Gasteiger partial charge in [0.05, 0.1) is 0 Å². The molecular weight excluding hydrogens is 274 g/mol. The molecule has 0 unspecified atom stereocenters. The second-order valence-electron chi connectivity index (χ2n) is 6.08. The number of nitrogens with zero attached hydrogens (tertiary/aromatic N) is 3. The van der Waals surface area contributed by atoms with Gasteiger partial charge in [0.15, 0.2) is 0 Å². The van der Waals surface area contributed by atoms with Crippen LogP contribution in [0.1, 0.15) is 5.56 Å². The fraction of sp³-hybridized carbons (Fsp3) is 0.389. The van der Waals surface area contributed by atoms with Crippen LogP contribution in [0, 0.1) is 0 Å². The van der Waals surface area contributed by atoms with E-state index in [0.29, 0.717) is 0 Å². The van der Waals surface area contributed by atoms with Gasteiger partial charge in [0.25, 0.3) is 0 Å². The number of carbonyl (C=O) groups is 1. The number of urea groups is 1. The highest BCUT2D eigenvalue weighted by molar-refractivity contribution is 5.85. The lowest BCUT2D eigenvalue weighted by molar-refractivity contribution is 0.120. The molecule has 1 saturated heterocycles. The lowest BCUT2D eigenvalue weighted by atomic mass is 10.0. The summed E-state index contributed by atoms with van der Waals surface area (Å²) in [6, 6.07) is 15.1. The Morgan fingerprint density at radius 2 is 1.68 bits per heavy atom. The highest BCUT2D eigenvalue weighted by atomic mass is 16.2. The summed E-state index contributed by atoms with van der Waals surface area (Å²) >= 11 is 0. The van der Waals surface area contributed by atoms with Crippen LogP contribution < -0.4 is 0 Å². The number of rotatable bonds is 2. The Morgan fingerprint density at radius 3 is 2.41 bits per heavy atom. The standard InChI is InChI=1S/C18H23N3O/c1-19(2)18(22)21-12-10-20(11-13-21)14-16-8-5-7-15-6-3-4-9-17(15)16/h3-9H,10-14H2,1-2H3.